The van der Waals surface area contributed by atoms with Gasteiger partial charge in [-0.15, -0.1) is 0 Å². The largest absolute Gasteiger partial charge is 0.472 e. The summed E-state index contributed by atoms with van der Waals surface area (Å²) < 4.78 is 60.8. The summed E-state index contributed by atoms with van der Waals surface area (Å²) in [6.07, 6.45) is 68.2. The van der Waals surface area contributed by atoms with Crippen molar-refractivity contribution in [3.8, 4) is 0 Å². The van der Waals surface area contributed by atoms with E-state index in [-0.39, 0.29) is 19.3 Å². The van der Waals surface area contributed by atoms with Gasteiger partial charge in [0.2, 0.25) is 0 Å². The Kier molecular flexibility index (Phi) is 62.9. The van der Waals surface area contributed by atoms with Crippen LogP contribution in [-0.2, 0) is 55.8 Å². The Labute approximate surface area is 541 Å². The maximum atomic E-state index is 12.9. The van der Waals surface area contributed by atoms with Crippen molar-refractivity contribution in [2.24, 2.45) is 0 Å². The van der Waals surface area contributed by atoms with E-state index >= 15 is 0 Å². The molecule has 0 aliphatic carbocycles. The van der Waals surface area contributed by atoms with Crippen molar-refractivity contribution in [1.82, 2.24) is 0 Å². The molecule has 5 atom stereocenters. The molecule has 0 radical (unpaired) electrons. The van der Waals surface area contributed by atoms with Crippen molar-refractivity contribution < 1.29 is 75.8 Å². The van der Waals surface area contributed by atoms with Crippen molar-refractivity contribution in [2.75, 3.05) is 39.6 Å². The van der Waals surface area contributed by atoms with Crippen molar-refractivity contribution >= 4 is 33.6 Å². The zero-order valence-electron chi connectivity index (χ0n) is 56.1. The van der Waals surface area contributed by atoms with Gasteiger partial charge in [0.05, 0.1) is 26.4 Å². The summed E-state index contributed by atoms with van der Waals surface area (Å²) in [5, 5.41) is 20.5. The van der Waals surface area contributed by atoms with Crippen LogP contribution in [0.3, 0.4) is 0 Å². The van der Waals surface area contributed by atoms with Crippen LogP contribution in [0.15, 0.2) is 72.9 Å². The molecule has 0 fully saturated rings. The minimum atomic E-state index is -4.92. The van der Waals surface area contributed by atoms with Crippen LogP contribution in [0.2, 0.25) is 0 Å². The highest BCUT2D eigenvalue weighted by Crippen LogP contribution is 2.45. The van der Waals surface area contributed by atoms with Gasteiger partial charge in [0.15, 0.2) is 6.10 Å². The summed E-state index contributed by atoms with van der Waals surface area (Å²) in [6, 6.07) is 0. The number of hydrogen-bond acceptors (Lipinski definition) is 14. The molecule has 4 N–H and O–H groups in total. The third-order valence-corrected chi connectivity index (χ3v) is 16.8. The van der Waals surface area contributed by atoms with Crippen molar-refractivity contribution in [1.29, 1.82) is 0 Å². The van der Waals surface area contributed by atoms with Gasteiger partial charge >= 0.3 is 33.6 Å². The molecule has 0 saturated carbocycles. The molecule has 0 heterocycles. The molecule has 18 heteroatoms. The molecule has 0 amide bonds. The number of aliphatic hydroxyl groups is 2. The fraction of sp³-hybridized carbons (Fsp3) is 0.789. The zero-order chi connectivity index (χ0) is 65.3. The Morgan fingerprint density at radius 2 is 0.584 bits per heavy atom. The molecule has 5 unspecified atom stereocenters. The normalized spacial score (nSPS) is 14.6. The van der Waals surface area contributed by atoms with Crippen LogP contribution in [0.4, 0.5) is 0 Å². The molecule has 0 saturated heterocycles. The van der Waals surface area contributed by atoms with Crippen molar-refractivity contribution in [3.63, 3.8) is 0 Å². The number of ether oxygens (including phenoxy) is 3. The number of carbonyl (C=O) groups is 3. The molecule has 518 valence electrons. The minimum absolute atomic E-state index is 0.106. The lowest BCUT2D eigenvalue weighted by molar-refractivity contribution is -0.161. The highest BCUT2D eigenvalue weighted by Gasteiger charge is 2.29. The quantitative estimate of drug-likeness (QED) is 0.0146. The molecular weight excluding hydrogens is 1170 g/mol. The average Bonchev–Trinajstić information content (AvgIpc) is 3.63. The number of carbonyl (C=O) groups excluding carboxylic acids is 3. The van der Waals surface area contributed by atoms with Gasteiger partial charge in [-0.1, -0.05) is 267 Å². The van der Waals surface area contributed by atoms with Crippen LogP contribution in [0, 0.1) is 0 Å². The number of phosphoric ester groups is 2. The van der Waals surface area contributed by atoms with E-state index in [4.69, 9.17) is 32.3 Å². The van der Waals surface area contributed by atoms with E-state index in [0.717, 1.165) is 122 Å². The number of allylic oxidation sites excluding steroid dienone is 12. The SMILES string of the molecule is CCC/C=C\C/C=C\CCCCCCCC(=O)OCC(COP(=O)(O)OCC(O)COP(=O)(O)OCC(O)COC(=O)CCCCCCCCCCCCC/C=C\C/C=C\C/C=C\C/C=C\CCCCC)OC(=O)CCCCCCCCCCCCCCC. The first kappa shape index (κ1) is 86.0. The number of esters is 3. The Hall–Kier alpha value is -3.01. The Bertz CT molecular complexity index is 1920. The highest BCUT2D eigenvalue weighted by molar-refractivity contribution is 7.47. The predicted octanol–water partition coefficient (Wildman–Crippen LogP) is 19.5. The Morgan fingerprint density at radius 3 is 0.955 bits per heavy atom. The van der Waals surface area contributed by atoms with E-state index in [1.54, 1.807) is 0 Å². The summed E-state index contributed by atoms with van der Waals surface area (Å²) >= 11 is 0. The van der Waals surface area contributed by atoms with Gasteiger partial charge < -0.3 is 34.2 Å². The molecular formula is C71H128O16P2. The number of aliphatic hydroxyl groups excluding tert-OH is 2. The summed E-state index contributed by atoms with van der Waals surface area (Å²) in [5.41, 5.74) is 0. The molecule has 0 aromatic carbocycles. The van der Waals surface area contributed by atoms with Crippen LogP contribution in [0.5, 0.6) is 0 Å². The fourth-order valence-corrected chi connectivity index (χ4v) is 11.1. The first-order chi connectivity index (χ1) is 43.2. The fourth-order valence-electron chi connectivity index (χ4n) is 9.47. The van der Waals surface area contributed by atoms with Crippen LogP contribution < -0.4 is 0 Å². The van der Waals surface area contributed by atoms with Gasteiger partial charge in [0.25, 0.3) is 0 Å². The third kappa shape index (κ3) is 66.3. The zero-order valence-corrected chi connectivity index (χ0v) is 57.9. The lowest BCUT2D eigenvalue weighted by atomic mass is 10.0. The monoisotopic (exact) mass is 1300 g/mol. The van der Waals surface area contributed by atoms with Gasteiger partial charge in [-0.25, -0.2) is 9.13 Å². The predicted molar refractivity (Wildman–Crippen MR) is 362 cm³/mol. The minimum Gasteiger partial charge on any atom is -0.463 e. The number of hydrogen-bond donors (Lipinski definition) is 4. The van der Waals surface area contributed by atoms with E-state index in [9.17, 15) is 43.5 Å². The Balaban J connectivity index is 4.45. The van der Waals surface area contributed by atoms with Crippen LogP contribution >= 0.6 is 15.6 Å². The summed E-state index contributed by atoms with van der Waals surface area (Å²) in [6.45, 7) is 2.58. The lowest BCUT2D eigenvalue weighted by Crippen LogP contribution is -2.30. The first-order valence-electron chi connectivity index (χ1n) is 35.2. The second-order valence-electron chi connectivity index (χ2n) is 23.7. The van der Waals surface area contributed by atoms with Gasteiger partial charge in [-0.3, -0.25) is 32.5 Å². The molecule has 0 rings (SSSR count). The topological polar surface area (TPSA) is 231 Å². The molecule has 16 nitrogen and oxygen atoms in total. The van der Waals surface area contributed by atoms with Crippen LogP contribution in [0.25, 0.3) is 0 Å². The van der Waals surface area contributed by atoms with E-state index in [1.807, 2.05) is 0 Å². The standard InChI is InChI=1S/C71H128O16P2/c1-4-7-10-13-16-19-22-25-26-27-28-29-30-31-32-33-34-35-36-37-38-41-43-45-48-51-54-57-69(74)81-60-66(72)61-83-88(77,78)84-62-67(73)63-85-89(79,80)86-65-68(87-71(76)59-56-53-50-47-44-40-24-21-18-15-12-9-6-3)64-82-70(75)58-55-52-49-46-42-39-23-20-17-14-11-8-5-2/h11,14,16,19-20,23,25-26,28-29,31-32,66-68,72-73H,4-10,12-13,15,17-18,21-22,24,27,30,33-65H2,1-3H3,(H,77,78)(H,79,80)/b14-11-,19-16-,23-20-,26-25-,29-28-,32-31-. The smallest absolute Gasteiger partial charge is 0.463 e. The van der Waals surface area contributed by atoms with Crippen molar-refractivity contribution in [3.05, 3.63) is 72.9 Å². The maximum absolute atomic E-state index is 12.9. The number of rotatable bonds is 67. The van der Waals surface area contributed by atoms with E-state index in [1.165, 1.54) is 122 Å². The van der Waals surface area contributed by atoms with Gasteiger partial charge in [0, 0.05) is 19.3 Å². The van der Waals surface area contributed by atoms with Gasteiger partial charge in [-0.2, -0.15) is 0 Å². The molecule has 0 aromatic heterocycles. The van der Waals surface area contributed by atoms with Gasteiger partial charge in [-0.05, 0) is 89.9 Å². The number of phosphoric acid groups is 2. The summed E-state index contributed by atoms with van der Waals surface area (Å²) in [4.78, 5) is 58.3. The summed E-state index contributed by atoms with van der Waals surface area (Å²) in [5.74, 6) is -1.58. The molecule has 0 aromatic rings. The van der Waals surface area contributed by atoms with Crippen LogP contribution in [0.1, 0.15) is 303 Å². The van der Waals surface area contributed by atoms with E-state index in [0.29, 0.717) is 19.3 Å². The molecule has 0 bridgehead atoms. The maximum Gasteiger partial charge on any atom is 0.472 e. The average molecular weight is 1300 g/mol. The van der Waals surface area contributed by atoms with Crippen LogP contribution in [-0.4, -0.2) is 95.9 Å². The Morgan fingerprint density at radius 1 is 0.315 bits per heavy atom. The van der Waals surface area contributed by atoms with Gasteiger partial charge in [0.1, 0.15) is 25.4 Å². The third-order valence-electron chi connectivity index (χ3n) is 14.9. The van der Waals surface area contributed by atoms with Crippen molar-refractivity contribution in [2.45, 2.75) is 322 Å². The van der Waals surface area contributed by atoms with E-state index < -0.39 is 91.5 Å². The lowest BCUT2D eigenvalue weighted by Gasteiger charge is -2.21. The second kappa shape index (κ2) is 65.1. The molecule has 0 spiro atoms. The second-order valence-corrected chi connectivity index (χ2v) is 26.6. The number of unbranched alkanes of at least 4 members (excludes halogenated alkanes) is 32. The summed E-state index contributed by atoms with van der Waals surface area (Å²) in [7, 11) is -9.76. The molecule has 89 heavy (non-hydrogen) atoms. The van der Waals surface area contributed by atoms with E-state index in [2.05, 4.69) is 93.7 Å². The molecule has 0 aliphatic rings. The first-order valence-corrected chi connectivity index (χ1v) is 38.2. The molecule has 0 aliphatic heterocycles. The highest BCUT2D eigenvalue weighted by atomic mass is 31.2.